The zero-order chi connectivity index (χ0) is 14.1. The van der Waals surface area contributed by atoms with Crippen LogP contribution in [-0.4, -0.2) is 21.9 Å². The van der Waals surface area contributed by atoms with E-state index in [2.05, 4.69) is 32.7 Å². The number of hydrogen-bond acceptors (Lipinski definition) is 3. The number of aromatic nitrogens is 3. The van der Waals surface area contributed by atoms with E-state index in [1.54, 1.807) is 11.8 Å². The first-order chi connectivity index (χ1) is 9.67. The van der Waals surface area contributed by atoms with Crippen LogP contribution in [0.25, 0.3) is 11.0 Å². The van der Waals surface area contributed by atoms with Crippen molar-refractivity contribution in [1.29, 1.82) is 0 Å². The molecule has 1 aromatic carbocycles. The van der Waals surface area contributed by atoms with Crippen molar-refractivity contribution in [3.8, 4) is 5.75 Å². The summed E-state index contributed by atoms with van der Waals surface area (Å²) >= 11 is 2.09. The molecule has 0 spiro atoms. The first-order valence-electron chi connectivity index (χ1n) is 5.98. The first-order valence-corrected chi connectivity index (χ1v) is 7.06. The zero-order valence-corrected chi connectivity index (χ0v) is 12.8. The quantitative estimate of drug-likeness (QED) is 0.653. The minimum absolute atomic E-state index is 0.348. The van der Waals surface area contributed by atoms with Crippen LogP contribution >= 0.6 is 22.6 Å². The van der Waals surface area contributed by atoms with Crippen LogP contribution in [0.3, 0.4) is 0 Å². The number of ether oxygens (including phenoxy) is 1. The maximum absolute atomic E-state index is 13.2. The molecule has 0 aliphatic carbocycles. The summed E-state index contributed by atoms with van der Waals surface area (Å²) in [5.41, 5.74) is 1.77. The van der Waals surface area contributed by atoms with E-state index < -0.39 is 0 Å². The fourth-order valence-electron chi connectivity index (χ4n) is 2.01. The van der Waals surface area contributed by atoms with Gasteiger partial charge in [0.2, 0.25) is 0 Å². The standard InChI is InChI=1S/C14H11FIN3O/c1-20-11-4-2-9(3-5-11)8-19-14-12(13(16)18-19)6-10(15)7-17-14/h2-7H,8H2,1H3. The van der Waals surface area contributed by atoms with Crippen molar-refractivity contribution in [2.24, 2.45) is 0 Å². The van der Waals surface area contributed by atoms with Gasteiger partial charge in [-0.3, -0.25) is 0 Å². The van der Waals surface area contributed by atoms with E-state index in [4.69, 9.17) is 4.74 Å². The summed E-state index contributed by atoms with van der Waals surface area (Å²) in [5, 5.41) is 5.15. The number of methoxy groups -OCH3 is 1. The van der Waals surface area contributed by atoms with Gasteiger partial charge in [-0.05, 0) is 46.4 Å². The van der Waals surface area contributed by atoms with Gasteiger partial charge in [-0.2, -0.15) is 5.10 Å². The average Bonchev–Trinajstić information content (AvgIpc) is 2.76. The highest BCUT2D eigenvalue weighted by atomic mass is 127. The van der Waals surface area contributed by atoms with Crippen molar-refractivity contribution in [3.63, 3.8) is 0 Å². The van der Waals surface area contributed by atoms with Crippen molar-refractivity contribution in [2.45, 2.75) is 6.54 Å². The second kappa shape index (κ2) is 5.35. The Labute approximate surface area is 128 Å². The van der Waals surface area contributed by atoms with E-state index in [1.165, 1.54) is 12.3 Å². The van der Waals surface area contributed by atoms with Crippen LogP contribution in [-0.2, 0) is 6.54 Å². The predicted octanol–water partition coefficient (Wildman–Crippen LogP) is 3.23. The fraction of sp³-hybridized carbons (Fsp3) is 0.143. The lowest BCUT2D eigenvalue weighted by molar-refractivity contribution is 0.414. The third-order valence-electron chi connectivity index (χ3n) is 3.00. The van der Waals surface area contributed by atoms with E-state index >= 15 is 0 Å². The zero-order valence-electron chi connectivity index (χ0n) is 10.7. The lowest BCUT2D eigenvalue weighted by atomic mass is 10.2. The van der Waals surface area contributed by atoms with Gasteiger partial charge in [0.1, 0.15) is 15.3 Å². The fourth-order valence-corrected chi connectivity index (χ4v) is 2.67. The van der Waals surface area contributed by atoms with E-state index in [9.17, 15) is 4.39 Å². The van der Waals surface area contributed by atoms with E-state index in [-0.39, 0.29) is 5.82 Å². The Bertz CT molecular complexity index is 755. The number of hydrogen-bond donors (Lipinski definition) is 0. The molecule has 3 rings (SSSR count). The summed E-state index contributed by atoms with van der Waals surface area (Å²) < 4.78 is 20.9. The minimum atomic E-state index is -0.348. The van der Waals surface area contributed by atoms with Gasteiger partial charge in [-0.25, -0.2) is 14.1 Å². The lowest BCUT2D eigenvalue weighted by Gasteiger charge is -2.04. The second-order valence-corrected chi connectivity index (χ2v) is 5.34. The van der Waals surface area contributed by atoms with Crippen LogP contribution in [0.15, 0.2) is 36.5 Å². The molecule has 0 saturated heterocycles. The highest BCUT2D eigenvalue weighted by Crippen LogP contribution is 2.20. The van der Waals surface area contributed by atoms with Crippen LogP contribution in [0.2, 0.25) is 0 Å². The minimum Gasteiger partial charge on any atom is -0.497 e. The third kappa shape index (κ3) is 2.47. The summed E-state index contributed by atoms with van der Waals surface area (Å²) in [6.45, 7) is 0.585. The molecule has 0 saturated carbocycles. The summed E-state index contributed by atoms with van der Waals surface area (Å²) in [5.74, 6) is 0.466. The SMILES string of the molecule is COc1ccc(Cn2nc(I)c3cc(F)cnc32)cc1. The maximum atomic E-state index is 13.2. The largest absolute Gasteiger partial charge is 0.497 e. The van der Waals surface area contributed by atoms with Gasteiger partial charge in [0, 0.05) is 0 Å². The molecule has 0 aliphatic heterocycles. The third-order valence-corrected chi connectivity index (χ3v) is 3.80. The Morgan fingerprint density at radius 1 is 1.30 bits per heavy atom. The van der Waals surface area contributed by atoms with E-state index in [1.807, 2.05) is 24.3 Å². The van der Waals surface area contributed by atoms with Gasteiger partial charge >= 0.3 is 0 Å². The highest BCUT2D eigenvalue weighted by molar-refractivity contribution is 14.1. The Balaban J connectivity index is 1.97. The van der Waals surface area contributed by atoms with Crippen LogP contribution < -0.4 is 4.74 Å². The normalized spacial score (nSPS) is 10.9. The van der Waals surface area contributed by atoms with Gasteiger partial charge in [0.05, 0.1) is 25.2 Å². The molecule has 20 heavy (non-hydrogen) atoms. The Morgan fingerprint density at radius 3 is 2.75 bits per heavy atom. The van der Waals surface area contributed by atoms with E-state index in [0.717, 1.165) is 20.4 Å². The molecular formula is C14H11FIN3O. The van der Waals surface area contributed by atoms with Crippen molar-refractivity contribution >= 4 is 33.6 Å². The summed E-state index contributed by atoms with van der Waals surface area (Å²) in [6, 6.07) is 9.21. The van der Waals surface area contributed by atoms with Gasteiger partial charge in [0.25, 0.3) is 0 Å². The Morgan fingerprint density at radius 2 is 2.05 bits per heavy atom. The highest BCUT2D eigenvalue weighted by Gasteiger charge is 2.11. The van der Waals surface area contributed by atoms with Crippen molar-refractivity contribution < 1.29 is 9.13 Å². The van der Waals surface area contributed by atoms with Gasteiger partial charge in [-0.1, -0.05) is 12.1 Å². The summed E-state index contributed by atoms with van der Waals surface area (Å²) in [4.78, 5) is 4.13. The lowest BCUT2D eigenvalue weighted by Crippen LogP contribution is -2.02. The van der Waals surface area contributed by atoms with Crippen LogP contribution in [0.1, 0.15) is 5.56 Å². The molecule has 0 amide bonds. The molecule has 0 atom stereocenters. The number of rotatable bonds is 3. The van der Waals surface area contributed by atoms with Crippen molar-refractivity contribution in [3.05, 3.63) is 51.6 Å². The molecule has 0 bridgehead atoms. The second-order valence-electron chi connectivity index (χ2n) is 4.32. The Kier molecular flexibility index (Phi) is 3.56. The predicted molar refractivity (Wildman–Crippen MR) is 82.3 cm³/mol. The molecule has 0 unspecified atom stereocenters. The number of fused-ring (bicyclic) bond motifs is 1. The molecule has 6 heteroatoms. The van der Waals surface area contributed by atoms with Gasteiger partial charge in [-0.15, -0.1) is 0 Å². The number of nitrogens with zero attached hydrogens (tertiary/aromatic N) is 3. The average molecular weight is 383 g/mol. The van der Waals surface area contributed by atoms with Crippen LogP contribution in [0, 0.1) is 9.52 Å². The Hall–Kier alpha value is -1.70. The van der Waals surface area contributed by atoms with Crippen LogP contribution in [0.4, 0.5) is 4.39 Å². The summed E-state index contributed by atoms with van der Waals surface area (Å²) in [6.07, 6.45) is 1.21. The van der Waals surface area contributed by atoms with Gasteiger partial charge < -0.3 is 4.74 Å². The first kappa shape index (κ1) is 13.3. The van der Waals surface area contributed by atoms with Gasteiger partial charge in [0.15, 0.2) is 5.65 Å². The molecular weight excluding hydrogens is 372 g/mol. The number of halogens is 2. The summed E-state index contributed by atoms with van der Waals surface area (Å²) in [7, 11) is 1.64. The molecule has 0 radical (unpaired) electrons. The number of pyridine rings is 1. The molecule has 2 aromatic heterocycles. The molecule has 0 N–H and O–H groups in total. The smallest absolute Gasteiger partial charge is 0.159 e. The number of benzene rings is 1. The molecule has 102 valence electrons. The van der Waals surface area contributed by atoms with Crippen LogP contribution in [0.5, 0.6) is 5.75 Å². The molecule has 4 nitrogen and oxygen atoms in total. The monoisotopic (exact) mass is 383 g/mol. The van der Waals surface area contributed by atoms with Crippen molar-refractivity contribution in [2.75, 3.05) is 7.11 Å². The maximum Gasteiger partial charge on any atom is 0.159 e. The van der Waals surface area contributed by atoms with E-state index in [0.29, 0.717) is 12.2 Å². The molecule has 0 fully saturated rings. The molecule has 0 aliphatic rings. The molecule has 2 heterocycles. The van der Waals surface area contributed by atoms with Crippen molar-refractivity contribution in [1.82, 2.24) is 14.8 Å². The molecule has 3 aromatic rings. The topological polar surface area (TPSA) is 39.9 Å².